The summed E-state index contributed by atoms with van der Waals surface area (Å²) in [5, 5.41) is 9.86. The van der Waals surface area contributed by atoms with Gasteiger partial charge < -0.3 is 5.11 Å². The van der Waals surface area contributed by atoms with Gasteiger partial charge in [-0.15, -0.1) is 6.58 Å². The molecule has 1 N–H and O–H groups in total. The van der Waals surface area contributed by atoms with Crippen molar-refractivity contribution in [3.63, 3.8) is 0 Å². The van der Waals surface area contributed by atoms with Crippen LogP contribution >= 0.6 is 0 Å². The van der Waals surface area contributed by atoms with E-state index in [-0.39, 0.29) is 16.7 Å². The Labute approximate surface area is 134 Å². The molecule has 2 saturated carbocycles. The molecule has 0 amide bonds. The fourth-order valence-electron chi connectivity index (χ4n) is 6.02. The molecule has 22 heavy (non-hydrogen) atoms. The fraction of sp³-hybridized carbons (Fsp3) is 0.750. The molecule has 122 valence electrons. The third-order valence-corrected chi connectivity index (χ3v) is 7.51. The quantitative estimate of drug-likeness (QED) is 0.711. The Morgan fingerprint density at radius 2 is 2.00 bits per heavy atom. The number of hydrogen-bond donors (Lipinski definition) is 1. The zero-order valence-electron chi connectivity index (χ0n) is 14.3. The minimum absolute atomic E-state index is 0.0684. The van der Waals surface area contributed by atoms with Crippen LogP contribution in [0.25, 0.3) is 0 Å². The minimum Gasteiger partial charge on any atom is -0.481 e. The lowest BCUT2D eigenvalue weighted by Crippen LogP contribution is -2.54. The normalized spacial score (nSPS) is 47.9. The Morgan fingerprint density at radius 1 is 1.27 bits per heavy atom. The molecule has 0 unspecified atom stereocenters. The lowest BCUT2D eigenvalue weighted by Gasteiger charge is -2.59. The lowest BCUT2D eigenvalue weighted by molar-refractivity contribution is -0.160. The minimum atomic E-state index is -0.593. The van der Waals surface area contributed by atoms with Crippen molar-refractivity contribution in [2.45, 2.75) is 65.7 Å². The van der Waals surface area contributed by atoms with Crippen molar-refractivity contribution in [2.75, 3.05) is 0 Å². The summed E-state index contributed by atoms with van der Waals surface area (Å²) < 4.78 is 0. The monoisotopic (exact) mass is 302 g/mol. The maximum absolute atomic E-state index is 12.0. The highest BCUT2D eigenvalue weighted by atomic mass is 16.4. The number of hydrogen-bond acceptors (Lipinski definition) is 1. The highest BCUT2D eigenvalue weighted by molar-refractivity contribution is 5.75. The van der Waals surface area contributed by atoms with Gasteiger partial charge in [-0.25, -0.2) is 0 Å². The summed E-state index contributed by atoms with van der Waals surface area (Å²) >= 11 is 0. The predicted molar refractivity (Wildman–Crippen MR) is 89.5 cm³/mol. The largest absolute Gasteiger partial charge is 0.481 e. The maximum Gasteiger partial charge on any atom is 0.309 e. The molecule has 3 aliphatic carbocycles. The van der Waals surface area contributed by atoms with Gasteiger partial charge in [0, 0.05) is 0 Å². The van der Waals surface area contributed by atoms with Gasteiger partial charge in [0.25, 0.3) is 0 Å². The van der Waals surface area contributed by atoms with Crippen LogP contribution in [0.15, 0.2) is 24.3 Å². The van der Waals surface area contributed by atoms with E-state index in [1.54, 1.807) is 5.57 Å². The third-order valence-electron chi connectivity index (χ3n) is 7.51. The maximum atomic E-state index is 12.0. The van der Waals surface area contributed by atoms with E-state index in [1.165, 1.54) is 6.42 Å². The fourth-order valence-corrected chi connectivity index (χ4v) is 6.02. The van der Waals surface area contributed by atoms with Gasteiger partial charge in [-0.2, -0.15) is 0 Å². The van der Waals surface area contributed by atoms with Crippen molar-refractivity contribution in [3.05, 3.63) is 24.3 Å². The first kappa shape index (κ1) is 15.8. The molecular weight excluding hydrogens is 272 g/mol. The van der Waals surface area contributed by atoms with E-state index in [0.717, 1.165) is 38.5 Å². The molecule has 0 saturated heterocycles. The van der Waals surface area contributed by atoms with Crippen LogP contribution in [0.5, 0.6) is 0 Å². The van der Waals surface area contributed by atoms with Crippen LogP contribution in [0.2, 0.25) is 0 Å². The van der Waals surface area contributed by atoms with E-state index in [2.05, 4.69) is 32.6 Å². The first-order valence-corrected chi connectivity index (χ1v) is 8.85. The second kappa shape index (κ2) is 4.97. The molecule has 0 bridgehead atoms. The van der Waals surface area contributed by atoms with Gasteiger partial charge in [0.05, 0.1) is 5.41 Å². The van der Waals surface area contributed by atoms with Crippen LogP contribution < -0.4 is 0 Å². The number of aliphatic carboxylic acids is 1. The highest BCUT2D eigenvalue weighted by Crippen LogP contribution is 2.65. The van der Waals surface area contributed by atoms with Crippen LogP contribution in [0.4, 0.5) is 0 Å². The molecular formula is C20H30O2. The number of fused-ring (bicyclic) bond motifs is 3. The van der Waals surface area contributed by atoms with Gasteiger partial charge in [0.2, 0.25) is 0 Å². The predicted octanol–water partition coefficient (Wildman–Crippen LogP) is 5.21. The summed E-state index contributed by atoms with van der Waals surface area (Å²) in [5.41, 5.74) is 1.26. The molecule has 2 heteroatoms. The van der Waals surface area contributed by atoms with Crippen LogP contribution in [0.1, 0.15) is 65.7 Å². The van der Waals surface area contributed by atoms with Crippen molar-refractivity contribution < 1.29 is 9.90 Å². The number of carbonyl (C=O) groups is 1. The number of rotatable bonds is 2. The van der Waals surface area contributed by atoms with Crippen molar-refractivity contribution >= 4 is 5.97 Å². The molecule has 0 radical (unpaired) electrons. The summed E-state index contributed by atoms with van der Waals surface area (Å²) in [7, 11) is 0. The third kappa shape index (κ3) is 1.95. The molecule has 0 heterocycles. The number of carboxylic acids is 1. The Hall–Kier alpha value is -1.05. The zero-order valence-corrected chi connectivity index (χ0v) is 14.3. The molecule has 5 atom stereocenters. The molecule has 0 aromatic carbocycles. The van der Waals surface area contributed by atoms with Gasteiger partial charge in [-0.1, -0.05) is 38.0 Å². The summed E-state index contributed by atoms with van der Waals surface area (Å²) in [6, 6.07) is 0. The SMILES string of the molecule is C=C[C@@]1(C)CCC=C2[C@H]1CC[C@@H]1[C@](C)(C(=O)O)CCC[C@@]21C. The highest BCUT2D eigenvalue weighted by Gasteiger charge is 2.58. The summed E-state index contributed by atoms with van der Waals surface area (Å²) in [5.74, 6) is 0.252. The van der Waals surface area contributed by atoms with Gasteiger partial charge in [-0.05, 0) is 68.1 Å². The molecule has 3 rings (SSSR count). The average Bonchev–Trinajstić information content (AvgIpc) is 2.47. The standard InChI is InChI=1S/C20H30O2/c1-5-18(2)11-6-8-15-14(18)9-10-16-19(15,3)12-7-13-20(16,4)17(21)22/h5,8,14,16H,1,6-7,9-13H2,2-4H3,(H,21,22)/t14-,16+,18+,19+,20-/m1/s1. The number of allylic oxidation sites excluding steroid dienone is 3. The van der Waals surface area contributed by atoms with E-state index in [9.17, 15) is 9.90 Å². The average molecular weight is 302 g/mol. The summed E-state index contributed by atoms with van der Waals surface area (Å²) in [6.07, 6.45) is 12.1. The second-order valence-corrected chi connectivity index (χ2v) is 8.58. The van der Waals surface area contributed by atoms with Crippen LogP contribution in [-0.2, 0) is 4.79 Å². The van der Waals surface area contributed by atoms with Crippen molar-refractivity contribution in [3.8, 4) is 0 Å². The van der Waals surface area contributed by atoms with Gasteiger partial charge in [-0.3, -0.25) is 4.79 Å². The topological polar surface area (TPSA) is 37.3 Å². The molecule has 0 spiro atoms. The van der Waals surface area contributed by atoms with Crippen LogP contribution in [-0.4, -0.2) is 11.1 Å². The Balaban J connectivity index is 2.04. The summed E-state index contributed by atoms with van der Waals surface area (Å²) in [4.78, 5) is 12.0. The Kier molecular flexibility index (Phi) is 3.58. The molecule has 2 fully saturated rings. The van der Waals surface area contributed by atoms with E-state index >= 15 is 0 Å². The molecule has 3 aliphatic rings. The van der Waals surface area contributed by atoms with E-state index in [4.69, 9.17) is 0 Å². The van der Waals surface area contributed by atoms with Crippen LogP contribution in [0, 0.1) is 28.1 Å². The summed E-state index contributed by atoms with van der Waals surface area (Å²) in [6.45, 7) is 10.8. The van der Waals surface area contributed by atoms with E-state index in [0.29, 0.717) is 5.92 Å². The molecule has 0 aromatic heterocycles. The van der Waals surface area contributed by atoms with Crippen LogP contribution in [0.3, 0.4) is 0 Å². The van der Waals surface area contributed by atoms with Crippen molar-refractivity contribution in [1.29, 1.82) is 0 Å². The van der Waals surface area contributed by atoms with Gasteiger partial charge in [0.15, 0.2) is 0 Å². The number of carboxylic acid groups (broad SMARTS) is 1. The Morgan fingerprint density at radius 3 is 2.64 bits per heavy atom. The van der Waals surface area contributed by atoms with Gasteiger partial charge >= 0.3 is 5.97 Å². The van der Waals surface area contributed by atoms with E-state index in [1.807, 2.05) is 6.92 Å². The molecule has 0 aliphatic heterocycles. The van der Waals surface area contributed by atoms with Crippen molar-refractivity contribution in [1.82, 2.24) is 0 Å². The van der Waals surface area contributed by atoms with E-state index < -0.39 is 11.4 Å². The smallest absolute Gasteiger partial charge is 0.309 e. The molecule has 2 nitrogen and oxygen atoms in total. The van der Waals surface area contributed by atoms with Crippen molar-refractivity contribution in [2.24, 2.45) is 28.1 Å². The lowest BCUT2D eigenvalue weighted by atomic mass is 9.44. The second-order valence-electron chi connectivity index (χ2n) is 8.58. The molecule has 0 aromatic rings. The van der Waals surface area contributed by atoms with Gasteiger partial charge in [0.1, 0.15) is 0 Å². The first-order chi connectivity index (χ1) is 10.3. The Bertz CT molecular complexity index is 534. The first-order valence-electron chi connectivity index (χ1n) is 8.85. The zero-order chi connectivity index (χ0) is 16.2.